The third-order valence-corrected chi connectivity index (χ3v) is 2.20. The predicted molar refractivity (Wildman–Crippen MR) is 59.0 cm³/mol. The summed E-state index contributed by atoms with van der Waals surface area (Å²) < 4.78 is 0. The number of rotatable bonds is 1. The average molecular weight is 215 g/mol. The number of aromatic nitrogens is 2. The van der Waals surface area contributed by atoms with Crippen LogP contribution in [0.4, 0.5) is 5.95 Å². The van der Waals surface area contributed by atoms with Crippen LogP contribution in [-0.4, -0.2) is 35.6 Å². The number of nitrogens with one attached hydrogen (secondary N) is 1. The van der Waals surface area contributed by atoms with Gasteiger partial charge in [0.15, 0.2) is 0 Å². The van der Waals surface area contributed by atoms with Crippen LogP contribution in [0.2, 0.25) is 0 Å². The van der Waals surface area contributed by atoms with Crippen LogP contribution in [0.5, 0.6) is 0 Å². The highest BCUT2D eigenvalue weighted by molar-refractivity contribution is 5.85. The maximum Gasteiger partial charge on any atom is 0.225 e. The summed E-state index contributed by atoms with van der Waals surface area (Å²) in [6.07, 6.45) is 3.57. The Kier molecular flexibility index (Phi) is 4.10. The molecule has 2 rings (SSSR count). The van der Waals surface area contributed by atoms with Crippen molar-refractivity contribution >= 4 is 18.4 Å². The Balaban J connectivity index is 0.000000980. The number of anilines is 1. The summed E-state index contributed by atoms with van der Waals surface area (Å²) in [4.78, 5) is 10.7. The van der Waals surface area contributed by atoms with Gasteiger partial charge in [0.25, 0.3) is 0 Å². The molecule has 0 saturated carbocycles. The van der Waals surface area contributed by atoms with E-state index >= 15 is 0 Å². The summed E-state index contributed by atoms with van der Waals surface area (Å²) in [6, 6.07) is 2.37. The minimum absolute atomic E-state index is 0. The Morgan fingerprint density at radius 1 is 1.43 bits per heavy atom. The second-order valence-corrected chi connectivity index (χ2v) is 3.35. The lowest BCUT2D eigenvalue weighted by Gasteiger charge is -2.31. The molecule has 2 heterocycles. The Hall–Kier alpha value is -0.870. The first-order valence-electron chi connectivity index (χ1n) is 4.61. The third kappa shape index (κ3) is 2.56. The van der Waals surface area contributed by atoms with Gasteiger partial charge in [0.2, 0.25) is 5.95 Å². The summed E-state index contributed by atoms with van der Waals surface area (Å²) >= 11 is 0. The van der Waals surface area contributed by atoms with Crippen LogP contribution in [0.15, 0.2) is 18.5 Å². The van der Waals surface area contributed by atoms with Crippen molar-refractivity contribution in [1.29, 1.82) is 0 Å². The van der Waals surface area contributed by atoms with Crippen molar-refractivity contribution in [3.05, 3.63) is 18.5 Å². The lowest BCUT2D eigenvalue weighted by Crippen LogP contribution is -2.49. The zero-order valence-corrected chi connectivity index (χ0v) is 9.00. The van der Waals surface area contributed by atoms with E-state index in [0.29, 0.717) is 6.04 Å². The molecule has 1 aromatic heterocycles. The van der Waals surface area contributed by atoms with Crippen molar-refractivity contribution in [1.82, 2.24) is 15.3 Å². The molecule has 1 aliphatic rings. The van der Waals surface area contributed by atoms with Crippen LogP contribution >= 0.6 is 12.4 Å². The fourth-order valence-electron chi connectivity index (χ4n) is 1.57. The van der Waals surface area contributed by atoms with Crippen LogP contribution in [0, 0.1) is 0 Å². The van der Waals surface area contributed by atoms with E-state index in [1.165, 1.54) is 0 Å². The van der Waals surface area contributed by atoms with Crippen LogP contribution in [0.1, 0.15) is 6.92 Å². The van der Waals surface area contributed by atoms with Gasteiger partial charge in [-0.1, -0.05) is 0 Å². The summed E-state index contributed by atoms with van der Waals surface area (Å²) in [5.41, 5.74) is 0. The molecule has 0 radical (unpaired) electrons. The van der Waals surface area contributed by atoms with Gasteiger partial charge in [-0.05, 0) is 13.0 Å². The van der Waals surface area contributed by atoms with Crippen molar-refractivity contribution in [2.45, 2.75) is 13.0 Å². The van der Waals surface area contributed by atoms with E-state index in [-0.39, 0.29) is 12.4 Å². The van der Waals surface area contributed by atoms with Gasteiger partial charge in [0.05, 0.1) is 0 Å². The number of nitrogens with zero attached hydrogens (tertiary/aromatic N) is 3. The van der Waals surface area contributed by atoms with E-state index in [9.17, 15) is 0 Å². The summed E-state index contributed by atoms with van der Waals surface area (Å²) in [6.45, 7) is 5.17. The quantitative estimate of drug-likeness (QED) is 0.747. The van der Waals surface area contributed by atoms with Crippen molar-refractivity contribution in [2.24, 2.45) is 0 Å². The molecular weight excluding hydrogens is 200 g/mol. The molecule has 5 heteroatoms. The van der Waals surface area contributed by atoms with E-state index in [1.807, 2.05) is 6.07 Å². The highest BCUT2D eigenvalue weighted by atomic mass is 35.5. The Bertz CT molecular complexity index is 267. The minimum atomic E-state index is 0. The molecule has 4 nitrogen and oxygen atoms in total. The monoisotopic (exact) mass is 214 g/mol. The van der Waals surface area contributed by atoms with Gasteiger partial charge in [-0.3, -0.25) is 0 Å². The standard InChI is InChI=1S/C9H14N4.ClH/c1-8-7-13(6-5-10-8)9-11-3-2-4-12-9;/h2-4,8,10H,5-7H2,1H3;1H. The second kappa shape index (κ2) is 5.12. The van der Waals surface area contributed by atoms with E-state index in [0.717, 1.165) is 25.6 Å². The molecule has 0 bridgehead atoms. The molecule has 0 aliphatic carbocycles. The van der Waals surface area contributed by atoms with Gasteiger partial charge in [-0.25, -0.2) is 9.97 Å². The molecule has 1 aliphatic heterocycles. The van der Waals surface area contributed by atoms with Crippen LogP contribution in [0.3, 0.4) is 0 Å². The maximum absolute atomic E-state index is 4.22. The van der Waals surface area contributed by atoms with Crippen molar-refractivity contribution in [2.75, 3.05) is 24.5 Å². The SMILES string of the molecule is CC1CN(c2ncccn2)CCN1.Cl. The van der Waals surface area contributed by atoms with Crippen LogP contribution in [-0.2, 0) is 0 Å². The van der Waals surface area contributed by atoms with Gasteiger partial charge < -0.3 is 10.2 Å². The van der Waals surface area contributed by atoms with Crippen molar-refractivity contribution < 1.29 is 0 Å². The fraction of sp³-hybridized carbons (Fsp3) is 0.556. The molecule has 1 N–H and O–H groups in total. The highest BCUT2D eigenvalue weighted by Crippen LogP contribution is 2.07. The zero-order chi connectivity index (χ0) is 9.10. The first kappa shape index (κ1) is 11.2. The molecule has 1 aromatic rings. The lowest BCUT2D eigenvalue weighted by atomic mass is 10.2. The normalized spacial score (nSPS) is 21.5. The predicted octanol–water partition coefficient (Wildman–Crippen LogP) is 0.696. The molecule has 1 unspecified atom stereocenters. The van der Waals surface area contributed by atoms with Gasteiger partial charge in [-0.15, -0.1) is 12.4 Å². The van der Waals surface area contributed by atoms with Gasteiger partial charge in [-0.2, -0.15) is 0 Å². The molecule has 1 saturated heterocycles. The molecule has 0 aromatic carbocycles. The summed E-state index contributed by atoms with van der Waals surface area (Å²) in [7, 11) is 0. The fourth-order valence-corrected chi connectivity index (χ4v) is 1.57. The number of hydrogen-bond acceptors (Lipinski definition) is 4. The van der Waals surface area contributed by atoms with E-state index in [1.54, 1.807) is 12.4 Å². The third-order valence-electron chi connectivity index (χ3n) is 2.20. The summed E-state index contributed by atoms with van der Waals surface area (Å²) in [5.74, 6) is 0.843. The largest absolute Gasteiger partial charge is 0.338 e. The minimum Gasteiger partial charge on any atom is -0.338 e. The van der Waals surface area contributed by atoms with Gasteiger partial charge >= 0.3 is 0 Å². The first-order chi connectivity index (χ1) is 6.36. The molecule has 0 spiro atoms. The molecule has 1 fully saturated rings. The molecule has 1 atom stereocenters. The Morgan fingerprint density at radius 3 is 2.79 bits per heavy atom. The van der Waals surface area contributed by atoms with Gasteiger partial charge in [0, 0.05) is 38.1 Å². The molecule has 0 amide bonds. The maximum atomic E-state index is 4.22. The topological polar surface area (TPSA) is 41.1 Å². The zero-order valence-electron chi connectivity index (χ0n) is 8.18. The van der Waals surface area contributed by atoms with Crippen LogP contribution < -0.4 is 10.2 Å². The van der Waals surface area contributed by atoms with Gasteiger partial charge in [0.1, 0.15) is 0 Å². The number of hydrogen-bond donors (Lipinski definition) is 1. The van der Waals surface area contributed by atoms with Crippen LogP contribution in [0.25, 0.3) is 0 Å². The average Bonchev–Trinajstić information content (AvgIpc) is 2.19. The molecule has 78 valence electrons. The Labute approximate surface area is 90.2 Å². The highest BCUT2D eigenvalue weighted by Gasteiger charge is 2.16. The smallest absolute Gasteiger partial charge is 0.225 e. The number of halogens is 1. The number of piperazine rings is 1. The summed E-state index contributed by atoms with van der Waals surface area (Å²) in [5, 5.41) is 3.38. The second-order valence-electron chi connectivity index (χ2n) is 3.35. The molecular formula is C9H15ClN4. The van der Waals surface area contributed by atoms with Crippen molar-refractivity contribution in [3.8, 4) is 0 Å². The lowest BCUT2D eigenvalue weighted by molar-refractivity contribution is 0.479. The molecule has 14 heavy (non-hydrogen) atoms. The van der Waals surface area contributed by atoms with E-state index in [4.69, 9.17) is 0 Å². The first-order valence-corrected chi connectivity index (χ1v) is 4.61. The van der Waals surface area contributed by atoms with E-state index < -0.39 is 0 Å². The van der Waals surface area contributed by atoms with Crippen molar-refractivity contribution in [3.63, 3.8) is 0 Å². The Morgan fingerprint density at radius 2 is 2.14 bits per heavy atom. The van der Waals surface area contributed by atoms with E-state index in [2.05, 4.69) is 27.1 Å².